The Labute approximate surface area is 164 Å². The van der Waals surface area contributed by atoms with Gasteiger partial charge in [-0.25, -0.2) is 0 Å². The molecule has 0 unspecified atom stereocenters. The first-order chi connectivity index (χ1) is 13.7. The van der Waals surface area contributed by atoms with Gasteiger partial charge in [-0.05, 0) is 41.1 Å². The second-order valence-corrected chi connectivity index (χ2v) is 6.79. The predicted octanol–water partition coefficient (Wildman–Crippen LogP) is 3.69. The van der Waals surface area contributed by atoms with E-state index in [1.54, 1.807) is 36.5 Å². The number of anilines is 1. The lowest BCUT2D eigenvalue weighted by Crippen LogP contribution is -2.17. The van der Waals surface area contributed by atoms with Crippen LogP contribution in [0.4, 0.5) is 10.3 Å². The lowest BCUT2D eigenvalue weighted by Gasteiger charge is -2.07. The minimum Gasteiger partial charge on any atom is -0.350 e. The molecule has 1 aliphatic rings. The highest BCUT2D eigenvalue weighted by molar-refractivity contribution is 7.12. The van der Waals surface area contributed by atoms with Gasteiger partial charge in [0.05, 0.1) is 4.88 Å². The van der Waals surface area contributed by atoms with Crippen molar-refractivity contribution in [3.8, 4) is 23.4 Å². The summed E-state index contributed by atoms with van der Waals surface area (Å²) in [4.78, 5) is 22.1. The molecule has 0 aromatic carbocycles. The molecule has 0 saturated heterocycles. The summed E-state index contributed by atoms with van der Waals surface area (Å²) in [5.74, 6) is 5.05. The largest absolute Gasteiger partial charge is 0.350 e. The highest BCUT2D eigenvalue weighted by Gasteiger charge is 2.20. The van der Waals surface area contributed by atoms with E-state index in [1.165, 1.54) is 22.1 Å². The molecule has 0 spiro atoms. The Balaban J connectivity index is 1.64. The van der Waals surface area contributed by atoms with Crippen molar-refractivity contribution in [3.05, 3.63) is 70.3 Å². The SMILES string of the molecule is O=C(c1cccs1)n1nc(-c2ccccn2)nc1NCC1=CC=C(F)C#CC1. The maximum atomic E-state index is 13.2. The van der Waals surface area contributed by atoms with Gasteiger partial charge in [-0.15, -0.1) is 16.4 Å². The van der Waals surface area contributed by atoms with Crippen LogP contribution in [0.2, 0.25) is 0 Å². The second-order valence-electron chi connectivity index (χ2n) is 5.84. The van der Waals surface area contributed by atoms with Gasteiger partial charge in [0.2, 0.25) is 11.8 Å². The topological polar surface area (TPSA) is 72.7 Å². The van der Waals surface area contributed by atoms with E-state index in [-0.39, 0.29) is 5.91 Å². The highest BCUT2D eigenvalue weighted by Crippen LogP contribution is 2.19. The monoisotopic (exact) mass is 391 g/mol. The Morgan fingerprint density at radius 2 is 2.21 bits per heavy atom. The first-order valence-corrected chi connectivity index (χ1v) is 9.33. The maximum Gasteiger partial charge on any atom is 0.291 e. The normalized spacial score (nSPS) is 13.0. The minimum absolute atomic E-state index is 0.284. The molecule has 0 radical (unpaired) electrons. The third-order valence-electron chi connectivity index (χ3n) is 3.89. The Kier molecular flexibility index (Phi) is 5.08. The molecule has 138 valence electrons. The van der Waals surface area contributed by atoms with Crippen LogP contribution >= 0.6 is 11.3 Å². The Bertz CT molecular complexity index is 1120. The zero-order valence-corrected chi connectivity index (χ0v) is 15.4. The standard InChI is InChI=1S/C20H14FN5OS/c21-15-6-3-5-14(9-10-15)13-23-20-24-18(16-7-1-2-11-22-16)25-26(20)19(27)17-8-4-12-28-17/h1-2,4,7-12H,5,13H2,(H,23,24,25). The number of pyridine rings is 1. The third-order valence-corrected chi connectivity index (χ3v) is 4.75. The first kappa shape index (κ1) is 17.8. The summed E-state index contributed by atoms with van der Waals surface area (Å²) in [6.45, 7) is 0.358. The van der Waals surface area contributed by atoms with Crippen LogP contribution in [0, 0.1) is 11.8 Å². The number of rotatable bonds is 5. The summed E-state index contributed by atoms with van der Waals surface area (Å²) in [5.41, 5.74) is 1.44. The van der Waals surface area contributed by atoms with Gasteiger partial charge in [0.25, 0.3) is 5.91 Å². The number of halogens is 1. The Morgan fingerprint density at radius 3 is 3.00 bits per heavy atom. The molecule has 3 aromatic heterocycles. The van der Waals surface area contributed by atoms with Gasteiger partial charge in [-0.1, -0.05) is 24.1 Å². The van der Waals surface area contributed by atoms with Crippen molar-refractivity contribution in [1.29, 1.82) is 0 Å². The van der Waals surface area contributed by atoms with Crippen LogP contribution in [0.5, 0.6) is 0 Å². The molecule has 0 aliphatic heterocycles. The fourth-order valence-corrected chi connectivity index (χ4v) is 3.17. The van der Waals surface area contributed by atoms with Crippen molar-refractivity contribution in [2.45, 2.75) is 6.42 Å². The molecule has 3 aromatic rings. The molecule has 0 amide bonds. The number of thiophene rings is 1. The quantitative estimate of drug-likeness (QED) is 0.672. The molecule has 28 heavy (non-hydrogen) atoms. The smallest absolute Gasteiger partial charge is 0.291 e. The van der Waals surface area contributed by atoms with Crippen LogP contribution in [-0.4, -0.2) is 32.2 Å². The van der Waals surface area contributed by atoms with Gasteiger partial charge in [-0.3, -0.25) is 9.78 Å². The maximum absolute atomic E-state index is 13.2. The van der Waals surface area contributed by atoms with Crippen molar-refractivity contribution in [2.24, 2.45) is 0 Å². The van der Waals surface area contributed by atoms with Crippen LogP contribution < -0.4 is 5.32 Å². The average Bonchev–Trinajstić information content (AvgIpc) is 3.36. The lowest BCUT2D eigenvalue weighted by molar-refractivity contribution is 0.0951. The van der Waals surface area contributed by atoms with Crippen LogP contribution in [0.15, 0.2) is 65.5 Å². The van der Waals surface area contributed by atoms with Gasteiger partial charge in [0.15, 0.2) is 5.83 Å². The number of hydrogen-bond donors (Lipinski definition) is 1. The average molecular weight is 391 g/mol. The van der Waals surface area contributed by atoms with Gasteiger partial charge in [0.1, 0.15) is 5.69 Å². The summed E-state index contributed by atoms with van der Waals surface area (Å²) >= 11 is 1.33. The Morgan fingerprint density at radius 1 is 1.29 bits per heavy atom. The molecule has 4 rings (SSSR count). The molecular formula is C20H14FN5OS. The van der Waals surface area contributed by atoms with E-state index in [1.807, 2.05) is 11.4 Å². The van der Waals surface area contributed by atoms with Crippen LogP contribution in [0.25, 0.3) is 11.5 Å². The fraction of sp³-hybridized carbons (Fsp3) is 0.100. The molecular weight excluding hydrogens is 377 g/mol. The number of aromatic nitrogens is 4. The van der Waals surface area contributed by atoms with E-state index in [2.05, 4.69) is 32.2 Å². The molecule has 8 heteroatoms. The van der Waals surface area contributed by atoms with Crippen molar-refractivity contribution < 1.29 is 9.18 Å². The van der Waals surface area contributed by atoms with Crippen molar-refractivity contribution in [1.82, 2.24) is 19.7 Å². The van der Waals surface area contributed by atoms with Crippen molar-refractivity contribution >= 4 is 23.2 Å². The van der Waals surface area contributed by atoms with E-state index in [4.69, 9.17) is 0 Å². The number of allylic oxidation sites excluding steroid dienone is 3. The Hall–Kier alpha value is -3.57. The number of nitrogens with one attached hydrogen (secondary N) is 1. The van der Waals surface area contributed by atoms with E-state index < -0.39 is 5.83 Å². The molecule has 3 heterocycles. The van der Waals surface area contributed by atoms with Crippen LogP contribution in [0.1, 0.15) is 16.1 Å². The van der Waals surface area contributed by atoms with Gasteiger partial charge in [0, 0.05) is 19.2 Å². The third kappa shape index (κ3) is 3.89. The first-order valence-electron chi connectivity index (χ1n) is 8.45. The number of hydrogen-bond acceptors (Lipinski definition) is 6. The van der Waals surface area contributed by atoms with E-state index >= 15 is 0 Å². The number of carbonyl (C=O) groups excluding carboxylic acids is 1. The zero-order chi connectivity index (χ0) is 19.3. The summed E-state index contributed by atoms with van der Waals surface area (Å²) in [5, 5.41) is 9.29. The summed E-state index contributed by atoms with van der Waals surface area (Å²) in [7, 11) is 0. The molecule has 1 N–H and O–H groups in total. The number of nitrogens with zero attached hydrogens (tertiary/aromatic N) is 4. The second kappa shape index (κ2) is 7.98. The van der Waals surface area contributed by atoms with E-state index in [0.717, 1.165) is 5.57 Å². The van der Waals surface area contributed by atoms with E-state index in [0.29, 0.717) is 35.3 Å². The zero-order valence-electron chi connectivity index (χ0n) is 14.6. The summed E-state index contributed by atoms with van der Waals surface area (Å²) in [6.07, 6.45) is 5.06. The minimum atomic E-state index is -0.469. The summed E-state index contributed by atoms with van der Waals surface area (Å²) in [6, 6.07) is 8.93. The molecule has 0 atom stereocenters. The van der Waals surface area contributed by atoms with Gasteiger partial charge >= 0.3 is 0 Å². The molecule has 0 bridgehead atoms. The molecule has 1 aliphatic carbocycles. The highest BCUT2D eigenvalue weighted by atomic mass is 32.1. The molecule has 0 fully saturated rings. The predicted molar refractivity (Wildman–Crippen MR) is 105 cm³/mol. The lowest BCUT2D eigenvalue weighted by atomic mass is 10.2. The van der Waals surface area contributed by atoms with Gasteiger partial charge < -0.3 is 5.32 Å². The molecule has 6 nitrogen and oxygen atoms in total. The van der Waals surface area contributed by atoms with Crippen LogP contribution in [-0.2, 0) is 0 Å². The van der Waals surface area contributed by atoms with Gasteiger partial charge in [-0.2, -0.15) is 14.1 Å². The number of carbonyl (C=O) groups is 1. The van der Waals surface area contributed by atoms with Crippen molar-refractivity contribution in [3.63, 3.8) is 0 Å². The fourth-order valence-electron chi connectivity index (χ4n) is 2.52. The summed E-state index contributed by atoms with van der Waals surface area (Å²) < 4.78 is 14.5. The van der Waals surface area contributed by atoms with Crippen molar-refractivity contribution in [2.75, 3.05) is 11.9 Å². The molecule has 0 saturated carbocycles. The van der Waals surface area contributed by atoms with Crippen LogP contribution in [0.3, 0.4) is 0 Å². The van der Waals surface area contributed by atoms with E-state index in [9.17, 15) is 9.18 Å².